The van der Waals surface area contributed by atoms with Crippen LogP contribution in [0.15, 0.2) is 49.3 Å². The molecule has 106 valence electrons. The number of nitrogens with one attached hydrogen (secondary N) is 1. The quantitative estimate of drug-likeness (QED) is 0.801. The number of benzene rings is 1. The number of rotatable bonds is 4. The molecule has 2 heterocycles. The molecule has 0 saturated heterocycles. The van der Waals surface area contributed by atoms with Crippen molar-refractivity contribution in [2.75, 3.05) is 5.32 Å². The summed E-state index contributed by atoms with van der Waals surface area (Å²) < 4.78 is 28.1. The Labute approximate surface area is 119 Å². The van der Waals surface area contributed by atoms with Crippen LogP contribution in [0.3, 0.4) is 0 Å². The highest BCUT2D eigenvalue weighted by Crippen LogP contribution is 2.13. The molecule has 0 fully saturated rings. The highest BCUT2D eigenvalue weighted by molar-refractivity contribution is 5.41. The second kappa shape index (κ2) is 5.66. The van der Waals surface area contributed by atoms with E-state index in [4.69, 9.17) is 0 Å². The number of imidazole rings is 1. The van der Waals surface area contributed by atoms with Gasteiger partial charge in [0, 0.05) is 36.6 Å². The lowest BCUT2D eigenvalue weighted by Gasteiger charge is -2.08. The molecule has 0 unspecified atom stereocenters. The van der Waals surface area contributed by atoms with Gasteiger partial charge in [-0.15, -0.1) is 0 Å². The molecular formula is C14H11F2N5. The number of hydrogen-bond acceptors (Lipinski definition) is 4. The van der Waals surface area contributed by atoms with Crippen molar-refractivity contribution in [1.82, 2.24) is 19.5 Å². The van der Waals surface area contributed by atoms with E-state index >= 15 is 0 Å². The highest BCUT2D eigenvalue weighted by Gasteiger charge is 2.05. The van der Waals surface area contributed by atoms with Crippen LogP contribution in [0, 0.1) is 11.6 Å². The molecule has 0 aliphatic carbocycles. The lowest BCUT2D eigenvalue weighted by Crippen LogP contribution is -2.05. The molecule has 1 N–H and O–H groups in total. The van der Waals surface area contributed by atoms with Gasteiger partial charge in [-0.2, -0.15) is 0 Å². The average Bonchev–Trinajstić information content (AvgIpc) is 3.01. The minimum absolute atomic E-state index is 0.201. The lowest BCUT2D eigenvalue weighted by molar-refractivity contribution is 0.574. The van der Waals surface area contributed by atoms with Crippen LogP contribution >= 0.6 is 0 Å². The van der Waals surface area contributed by atoms with E-state index in [2.05, 4.69) is 20.3 Å². The first kappa shape index (κ1) is 13.2. The van der Waals surface area contributed by atoms with Crippen molar-refractivity contribution < 1.29 is 8.78 Å². The summed E-state index contributed by atoms with van der Waals surface area (Å²) in [7, 11) is 0. The van der Waals surface area contributed by atoms with E-state index < -0.39 is 11.6 Å². The van der Waals surface area contributed by atoms with Crippen LogP contribution in [0.4, 0.5) is 14.6 Å². The van der Waals surface area contributed by atoms with Crippen LogP contribution in [0.2, 0.25) is 0 Å². The second-order valence-corrected chi connectivity index (χ2v) is 4.32. The molecule has 0 atom stereocenters. The number of hydrogen-bond donors (Lipinski definition) is 1. The minimum Gasteiger partial charge on any atom is -0.366 e. The molecule has 0 amide bonds. The largest absolute Gasteiger partial charge is 0.366 e. The molecule has 2 aromatic heterocycles. The Hall–Kier alpha value is -2.83. The third-order valence-corrected chi connectivity index (χ3v) is 2.90. The Morgan fingerprint density at radius 3 is 2.81 bits per heavy atom. The van der Waals surface area contributed by atoms with E-state index in [1.165, 1.54) is 18.5 Å². The van der Waals surface area contributed by atoms with Gasteiger partial charge in [-0.25, -0.2) is 23.7 Å². The van der Waals surface area contributed by atoms with Gasteiger partial charge in [0.2, 0.25) is 0 Å². The Bertz CT molecular complexity index is 743. The summed E-state index contributed by atoms with van der Waals surface area (Å²) in [6.07, 6.45) is 6.42. The van der Waals surface area contributed by atoms with E-state index in [0.29, 0.717) is 17.2 Å². The van der Waals surface area contributed by atoms with Crippen LogP contribution < -0.4 is 5.32 Å². The third-order valence-electron chi connectivity index (χ3n) is 2.90. The summed E-state index contributed by atoms with van der Waals surface area (Å²) >= 11 is 0. The maximum absolute atomic E-state index is 13.5. The minimum atomic E-state index is -0.597. The highest BCUT2D eigenvalue weighted by atomic mass is 19.1. The Balaban J connectivity index is 1.75. The van der Waals surface area contributed by atoms with Crippen molar-refractivity contribution in [3.8, 4) is 5.82 Å². The maximum atomic E-state index is 13.5. The maximum Gasteiger partial charge on any atom is 0.143 e. The second-order valence-electron chi connectivity index (χ2n) is 4.32. The summed E-state index contributed by atoms with van der Waals surface area (Å²) in [4.78, 5) is 12.1. The van der Waals surface area contributed by atoms with Gasteiger partial charge in [-0.1, -0.05) is 6.07 Å². The smallest absolute Gasteiger partial charge is 0.143 e. The van der Waals surface area contributed by atoms with Gasteiger partial charge in [0.1, 0.15) is 35.9 Å². The number of nitrogens with zero attached hydrogens (tertiary/aromatic N) is 4. The fourth-order valence-corrected chi connectivity index (χ4v) is 1.83. The summed E-state index contributed by atoms with van der Waals surface area (Å²) in [5.74, 6) is -0.00549. The third kappa shape index (κ3) is 3.02. The monoisotopic (exact) mass is 287 g/mol. The summed E-state index contributed by atoms with van der Waals surface area (Å²) in [6, 6.07) is 5.18. The van der Waals surface area contributed by atoms with Gasteiger partial charge in [0.05, 0.1) is 0 Å². The van der Waals surface area contributed by atoms with Crippen molar-refractivity contribution in [2.24, 2.45) is 0 Å². The van der Waals surface area contributed by atoms with Crippen LogP contribution in [-0.2, 0) is 6.54 Å². The first-order valence-corrected chi connectivity index (χ1v) is 6.20. The Kier molecular flexibility index (Phi) is 3.55. The number of anilines is 1. The zero-order chi connectivity index (χ0) is 14.7. The van der Waals surface area contributed by atoms with Gasteiger partial charge < -0.3 is 5.32 Å². The fraction of sp³-hybridized carbons (Fsp3) is 0.0714. The Morgan fingerprint density at radius 1 is 1.14 bits per heavy atom. The molecular weight excluding hydrogens is 276 g/mol. The Morgan fingerprint density at radius 2 is 2.05 bits per heavy atom. The summed E-state index contributed by atoms with van der Waals surface area (Å²) in [5.41, 5.74) is 0.360. The van der Waals surface area contributed by atoms with Crippen molar-refractivity contribution in [3.05, 3.63) is 66.5 Å². The average molecular weight is 287 g/mol. The van der Waals surface area contributed by atoms with Crippen molar-refractivity contribution in [2.45, 2.75) is 6.54 Å². The van der Waals surface area contributed by atoms with Gasteiger partial charge >= 0.3 is 0 Å². The van der Waals surface area contributed by atoms with Crippen LogP contribution in [0.1, 0.15) is 5.56 Å². The first-order chi connectivity index (χ1) is 10.2. The first-order valence-electron chi connectivity index (χ1n) is 6.20. The molecule has 0 bridgehead atoms. The van der Waals surface area contributed by atoms with E-state index in [0.717, 1.165) is 6.07 Å². The van der Waals surface area contributed by atoms with Gasteiger partial charge in [-0.3, -0.25) is 4.57 Å². The van der Waals surface area contributed by atoms with Crippen LogP contribution in [-0.4, -0.2) is 19.5 Å². The molecule has 0 spiro atoms. The SMILES string of the molecule is Fc1ccc(CNc2cc(-n3ccnc3)ncn2)c(F)c1. The molecule has 3 rings (SSSR count). The van der Waals surface area contributed by atoms with Crippen LogP contribution in [0.5, 0.6) is 0 Å². The van der Waals surface area contributed by atoms with Gasteiger partial charge in [0.15, 0.2) is 0 Å². The fourth-order valence-electron chi connectivity index (χ4n) is 1.83. The molecule has 0 saturated carbocycles. The van der Waals surface area contributed by atoms with Gasteiger partial charge in [-0.05, 0) is 6.07 Å². The lowest BCUT2D eigenvalue weighted by atomic mass is 10.2. The van der Waals surface area contributed by atoms with E-state index in [1.54, 1.807) is 29.4 Å². The topological polar surface area (TPSA) is 55.6 Å². The van der Waals surface area contributed by atoms with Crippen LogP contribution in [0.25, 0.3) is 5.82 Å². The molecule has 0 aliphatic rings. The van der Waals surface area contributed by atoms with Crippen molar-refractivity contribution in [1.29, 1.82) is 0 Å². The van der Waals surface area contributed by atoms with E-state index in [1.807, 2.05) is 0 Å². The normalized spacial score (nSPS) is 10.6. The number of aromatic nitrogens is 4. The molecule has 7 heteroatoms. The van der Waals surface area contributed by atoms with Crippen molar-refractivity contribution >= 4 is 5.82 Å². The number of halogens is 2. The molecule has 0 radical (unpaired) electrons. The standard InChI is InChI=1S/C14H11F2N5/c15-11-2-1-10(12(16)5-11)7-18-13-6-14(20-8-19-13)21-4-3-17-9-21/h1-6,8-9H,7H2,(H,18,19,20). The van der Waals surface area contributed by atoms with Gasteiger partial charge in [0.25, 0.3) is 0 Å². The summed E-state index contributed by atoms with van der Waals surface area (Å²) in [5, 5.41) is 2.98. The molecule has 1 aromatic carbocycles. The van der Waals surface area contributed by atoms with Crippen molar-refractivity contribution in [3.63, 3.8) is 0 Å². The molecule has 3 aromatic rings. The predicted octanol–water partition coefficient (Wildman–Crippen LogP) is 2.55. The zero-order valence-electron chi connectivity index (χ0n) is 10.9. The predicted molar refractivity (Wildman–Crippen MR) is 72.8 cm³/mol. The zero-order valence-corrected chi connectivity index (χ0v) is 10.9. The molecule has 21 heavy (non-hydrogen) atoms. The summed E-state index contributed by atoms with van der Waals surface area (Å²) in [6.45, 7) is 0.201. The molecule has 5 nitrogen and oxygen atoms in total. The molecule has 0 aliphatic heterocycles. The van der Waals surface area contributed by atoms with E-state index in [-0.39, 0.29) is 6.54 Å². The van der Waals surface area contributed by atoms with E-state index in [9.17, 15) is 8.78 Å².